The molecule has 0 aliphatic heterocycles. The van der Waals surface area contributed by atoms with Gasteiger partial charge in [-0.1, -0.05) is 12.1 Å². The Bertz CT molecular complexity index is 477. The predicted octanol–water partition coefficient (Wildman–Crippen LogP) is 0.247. The second kappa shape index (κ2) is 6.84. The van der Waals surface area contributed by atoms with Gasteiger partial charge in [0.05, 0.1) is 6.61 Å². The number of rotatable bonds is 5. The molecule has 5 nitrogen and oxygen atoms in total. The van der Waals surface area contributed by atoms with E-state index in [0.717, 1.165) is 0 Å². The van der Waals surface area contributed by atoms with Gasteiger partial charge in [0.2, 0.25) is 11.8 Å². The van der Waals surface area contributed by atoms with Crippen LogP contribution in [0, 0.1) is 12.7 Å². The molecule has 19 heavy (non-hydrogen) atoms. The fraction of sp³-hybridized carbons (Fsp3) is 0.385. The summed E-state index contributed by atoms with van der Waals surface area (Å²) in [6.07, 6.45) is 0. The number of aliphatic hydroxyl groups excluding tert-OH is 1. The van der Waals surface area contributed by atoms with Crippen molar-refractivity contribution in [3.63, 3.8) is 0 Å². The number of benzene rings is 1. The molecular formula is C13H17FN2O3. The molecule has 0 saturated carbocycles. The molecular weight excluding hydrogens is 251 g/mol. The van der Waals surface area contributed by atoms with E-state index in [0.29, 0.717) is 11.1 Å². The lowest BCUT2D eigenvalue weighted by atomic mass is 10.1. The summed E-state index contributed by atoms with van der Waals surface area (Å²) in [6.45, 7) is 2.52. The molecule has 2 amide bonds. The molecule has 1 rings (SSSR count). The third kappa shape index (κ3) is 4.33. The number of halogens is 1. The first-order chi connectivity index (χ1) is 8.95. The Labute approximate surface area is 110 Å². The van der Waals surface area contributed by atoms with Gasteiger partial charge in [-0.15, -0.1) is 0 Å². The average molecular weight is 268 g/mol. The molecule has 0 saturated heterocycles. The second-order valence-electron chi connectivity index (χ2n) is 4.18. The number of nitrogens with one attached hydrogen (secondary N) is 2. The average Bonchev–Trinajstić information content (AvgIpc) is 2.37. The first kappa shape index (κ1) is 15.1. The van der Waals surface area contributed by atoms with Crippen LogP contribution in [0.4, 0.5) is 4.39 Å². The van der Waals surface area contributed by atoms with Gasteiger partial charge in [0.15, 0.2) is 0 Å². The molecule has 0 aliphatic rings. The Hall–Kier alpha value is -1.95. The molecule has 6 heteroatoms. The van der Waals surface area contributed by atoms with Gasteiger partial charge in [0.1, 0.15) is 11.9 Å². The van der Waals surface area contributed by atoms with Crippen LogP contribution in [0.15, 0.2) is 18.2 Å². The Morgan fingerprint density at radius 3 is 2.68 bits per heavy atom. The largest absolute Gasteiger partial charge is 0.394 e. The number of amides is 2. The van der Waals surface area contributed by atoms with Crippen LogP contribution in [0.3, 0.4) is 0 Å². The Balaban J connectivity index is 2.62. The third-order valence-corrected chi connectivity index (χ3v) is 2.71. The second-order valence-corrected chi connectivity index (χ2v) is 4.18. The highest BCUT2D eigenvalue weighted by Crippen LogP contribution is 2.11. The van der Waals surface area contributed by atoms with E-state index in [9.17, 15) is 14.0 Å². The lowest BCUT2D eigenvalue weighted by molar-refractivity contribution is -0.129. The molecule has 0 aromatic heterocycles. The Morgan fingerprint density at radius 2 is 2.11 bits per heavy atom. The standard InChI is InChI=1S/C13H17FN2O3/c1-8-10(4-3-5-11(8)14)6-15-13(19)12(7-17)16-9(2)18/h3-5,12,17H,6-7H2,1-2H3,(H,15,19)(H,16,18)/t12-/m1/s1. The highest BCUT2D eigenvalue weighted by atomic mass is 19.1. The maximum absolute atomic E-state index is 13.3. The van der Waals surface area contributed by atoms with Gasteiger partial charge in [-0.05, 0) is 24.1 Å². The van der Waals surface area contributed by atoms with Crippen molar-refractivity contribution in [2.75, 3.05) is 6.61 Å². The van der Waals surface area contributed by atoms with Crippen LogP contribution in [0.1, 0.15) is 18.1 Å². The van der Waals surface area contributed by atoms with Crippen LogP contribution in [-0.2, 0) is 16.1 Å². The van der Waals surface area contributed by atoms with Gasteiger partial charge in [-0.3, -0.25) is 9.59 Å². The molecule has 1 aromatic rings. The quantitative estimate of drug-likeness (QED) is 0.716. The molecule has 0 spiro atoms. The molecule has 0 fully saturated rings. The van der Waals surface area contributed by atoms with Crippen molar-refractivity contribution in [1.82, 2.24) is 10.6 Å². The molecule has 0 radical (unpaired) electrons. The first-order valence-corrected chi connectivity index (χ1v) is 5.85. The van der Waals surface area contributed by atoms with E-state index < -0.39 is 24.5 Å². The van der Waals surface area contributed by atoms with Gasteiger partial charge in [-0.2, -0.15) is 0 Å². The highest BCUT2D eigenvalue weighted by Gasteiger charge is 2.18. The van der Waals surface area contributed by atoms with Crippen molar-refractivity contribution in [3.8, 4) is 0 Å². The summed E-state index contributed by atoms with van der Waals surface area (Å²) in [5.41, 5.74) is 1.11. The summed E-state index contributed by atoms with van der Waals surface area (Å²) >= 11 is 0. The highest BCUT2D eigenvalue weighted by molar-refractivity contribution is 5.86. The number of carbonyl (C=O) groups excluding carboxylic acids is 2. The van der Waals surface area contributed by atoms with E-state index in [1.807, 2.05) is 0 Å². The third-order valence-electron chi connectivity index (χ3n) is 2.71. The Kier molecular flexibility index (Phi) is 5.44. The minimum Gasteiger partial charge on any atom is -0.394 e. The first-order valence-electron chi connectivity index (χ1n) is 5.85. The number of carbonyl (C=O) groups is 2. The van der Waals surface area contributed by atoms with Gasteiger partial charge >= 0.3 is 0 Å². The maximum Gasteiger partial charge on any atom is 0.245 e. The molecule has 0 bridgehead atoms. The van der Waals surface area contributed by atoms with Gasteiger partial charge in [-0.25, -0.2) is 4.39 Å². The SMILES string of the molecule is CC(=O)N[C@H](CO)C(=O)NCc1cccc(F)c1C. The minimum absolute atomic E-state index is 0.137. The fourth-order valence-electron chi connectivity index (χ4n) is 1.59. The molecule has 1 atom stereocenters. The van der Waals surface area contributed by atoms with Crippen LogP contribution < -0.4 is 10.6 Å². The summed E-state index contributed by atoms with van der Waals surface area (Å²) in [5, 5.41) is 13.9. The van der Waals surface area contributed by atoms with E-state index >= 15 is 0 Å². The zero-order valence-electron chi connectivity index (χ0n) is 10.9. The molecule has 0 unspecified atom stereocenters. The molecule has 104 valence electrons. The van der Waals surface area contributed by atoms with Crippen molar-refractivity contribution in [1.29, 1.82) is 0 Å². The predicted molar refractivity (Wildman–Crippen MR) is 67.7 cm³/mol. The fourth-order valence-corrected chi connectivity index (χ4v) is 1.59. The van der Waals surface area contributed by atoms with Crippen LogP contribution >= 0.6 is 0 Å². The summed E-state index contributed by atoms with van der Waals surface area (Å²) in [7, 11) is 0. The summed E-state index contributed by atoms with van der Waals surface area (Å²) < 4.78 is 13.3. The topological polar surface area (TPSA) is 78.4 Å². The lowest BCUT2D eigenvalue weighted by Gasteiger charge is -2.15. The molecule has 0 aliphatic carbocycles. The maximum atomic E-state index is 13.3. The van der Waals surface area contributed by atoms with Crippen LogP contribution in [0.2, 0.25) is 0 Å². The zero-order valence-corrected chi connectivity index (χ0v) is 10.9. The van der Waals surface area contributed by atoms with Crippen molar-refractivity contribution in [2.24, 2.45) is 0 Å². The van der Waals surface area contributed by atoms with Crippen molar-refractivity contribution >= 4 is 11.8 Å². The number of hydrogen-bond donors (Lipinski definition) is 3. The van der Waals surface area contributed by atoms with Gasteiger partial charge in [0, 0.05) is 13.5 Å². The van der Waals surface area contributed by atoms with E-state index in [1.165, 1.54) is 13.0 Å². The minimum atomic E-state index is -0.994. The van der Waals surface area contributed by atoms with Crippen LogP contribution in [0.25, 0.3) is 0 Å². The van der Waals surface area contributed by atoms with Crippen molar-refractivity contribution in [2.45, 2.75) is 26.4 Å². The monoisotopic (exact) mass is 268 g/mol. The van der Waals surface area contributed by atoms with Crippen molar-refractivity contribution < 1.29 is 19.1 Å². The number of aliphatic hydroxyl groups is 1. The Morgan fingerprint density at radius 1 is 1.42 bits per heavy atom. The van der Waals surface area contributed by atoms with E-state index in [4.69, 9.17) is 5.11 Å². The molecule has 0 heterocycles. The van der Waals surface area contributed by atoms with E-state index in [-0.39, 0.29) is 12.4 Å². The van der Waals surface area contributed by atoms with Crippen LogP contribution in [0.5, 0.6) is 0 Å². The normalized spacial score (nSPS) is 11.8. The lowest BCUT2D eigenvalue weighted by Crippen LogP contribution is -2.48. The van der Waals surface area contributed by atoms with E-state index in [2.05, 4.69) is 10.6 Å². The van der Waals surface area contributed by atoms with Crippen molar-refractivity contribution in [3.05, 3.63) is 35.1 Å². The summed E-state index contributed by atoms with van der Waals surface area (Å²) in [4.78, 5) is 22.5. The summed E-state index contributed by atoms with van der Waals surface area (Å²) in [6, 6.07) is 3.60. The molecule has 3 N–H and O–H groups in total. The number of hydrogen-bond acceptors (Lipinski definition) is 3. The summed E-state index contributed by atoms with van der Waals surface area (Å²) in [5.74, 6) is -1.26. The van der Waals surface area contributed by atoms with Gasteiger partial charge < -0.3 is 15.7 Å². The van der Waals surface area contributed by atoms with E-state index in [1.54, 1.807) is 19.1 Å². The van der Waals surface area contributed by atoms with Gasteiger partial charge in [0.25, 0.3) is 0 Å². The zero-order chi connectivity index (χ0) is 14.4. The smallest absolute Gasteiger partial charge is 0.245 e. The van der Waals surface area contributed by atoms with Crippen LogP contribution in [-0.4, -0.2) is 29.6 Å². The molecule has 1 aromatic carbocycles.